The van der Waals surface area contributed by atoms with Crippen LogP contribution in [0.2, 0.25) is 0 Å². The molecule has 1 rings (SSSR count). The predicted octanol–water partition coefficient (Wildman–Crippen LogP) is 1.82. The molecule has 1 saturated carbocycles. The van der Waals surface area contributed by atoms with Crippen LogP contribution in [-0.4, -0.2) is 25.0 Å². The Morgan fingerprint density at radius 3 is 2.47 bits per heavy atom. The third kappa shape index (κ3) is 5.78. The van der Waals surface area contributed by atoms with Crippen molar-refractivity contribution in [3.8, 4) is 0 Å². The van der Waals surface area contributed by atoms with Gasteiger partial charge < -0.3 is 10.6 Å². The summed E-state index contributed by atoms with van der Waals surface area (Å²) in [6.07, 6.45) is 8.62. The molecule has 0 heterocycles. The van der Waals surface area contributed by atoms with Crippen molar-refractivity contribution in [1.29, 1.82) is 0 Å². The highest BCUT2D eigenvalue weighted by Gasteiger charge is 2.13. The van der Waals surface area contributed by atoms with Gasteiger partial charge in [0.1, 0.15) is 0 Å². The summed E-state index contributed by atoms with van der Waals surface area (Å²) in [5, 5.41) is 6.24. The molecule has 1 aliphatic rings. The van der Waals surface area contributed by atoms with Crippen LogP contribution in [-0.2, 0) is 4.79 Å². The van der Waals surface area contributed by atoms with Gasteiger partial charge in [0.15, 0.2) is 0 Å². The number of rotatable bonds is 5. The molecular weight excluding hydrogens is 188 g/mol. The molecule has 1 aliphatic carbocycles. The maximum atomic E-state index is 11.5. The highest BCUT2D eigenvalue weighted by atomic mass is 16.1. The summed E-state index contributed by atoms with van der Waals surface area (Å²) in [6.45, 7) is 3.51. The van der Waals surface area contributed by atoms with E-state index in [-0.39, 0.29) is 5.91 Å². The van der Waals surface area contributed by atoms with E-state index in [0.29, 0.717) is 12.6 Å². The summed E-state index contributed by atoms with van der Waals surface area (Å²) in [5.41, 5.74) is 0. The second-order valence-corrected chi connectivity index (χ2v) is 4.43. The zero-order valence-electron chi connectivity index (χ0n) is 9.85. The minimum atomic E-state index is 0.162. The minimum absolute atomic E-state index is 0.162. The summed E-state index contributed by atoms with van der Waals surface area (Å²) >= 11 is 0. The van der Waals surface area contributed by atoms with E-state index >= 15 is 0 Å². The van der Waals surface area contributed by atoms with Gasteiger partial charge in [0.2, 0.25) is 5.91 Å². The Morgan fingerprint density at radius 1 is 1.20 bits per heavy atom. The summed E-state index contributed by atoms with van der Waals surface area (Å²) in [7, 11) is 0. The van der Waals surface area contributed by atoms with Crippen LogP contribution >= 0.6 is 0 Å². The average Bonchev–Trinajstić information content (AvgIpc) is 2.47. The Hall–Kier alpha value is -0.570. The molecule has 0 unspecified atom stereocenters. The SMILES string of the molecule is CCCNCC(=O)NC1CCCCCC1. The van der Waals surface area contributed by atoms with Crippen LogP contribution in [0.3, 0.4) is 0 Å². The van der Waals surface area contributed by atoms with Gasteiger partial charge in [-0.1, -0.05) is 32.6 Å². The zero-order valence-corrected chi connectivity index (χ0v) is 9.85. The number of carbonyl (C=O) groups is 1. The van der Waals surface area contributed by atoms with E-state index in [4.69, 9.17) is 0 Å². The van der Waals surface area contributed by atoms with Crippen molar-refractivity contribution in [1.82, 2.24) is 10.6 Å². The van der Waals surface area contributed by atoms with Gasteiger partial charge in [-0.25, -0.2) is 0 Å². The molecule has 0 aromatic rings. The lowest BCUT2D eigenvalue weighted by Crippen LogP contribution is -2.40. The van der Waals surface area contributed by atoms with E-state index in [1.807, 2.05) is 0 Å². The molecule has 0 aromatic carbocycles. The van der Waals surface area contributed by atoms with Crippen molar-refractivity contribution in [3.63, 3.8) is 0 Å². The van der Waals surface area contributed by atoms with Gasteiger partial charge in [0.05, 0.1) is 6.54 Å². The van der Waals surface area contributed by atoms with Crippen LogP contribution in [0.25, 0.3) is 0 Å². The maximum Gasteiger partial charge on any atom is 0.234 e. The fourth-order valence-electron chi connectivity index (χ4n) is 2.08. The largest absolute Gasteiger partial charge is 0.352 e. The molecule has 0 saturated heterocycles. The van der Waals surface area contributed by atoms with Crippen molar-refractivity contribution < 1.29 is 4.79 Å². The van der Waals surface area contributed by atoms with Crippen molar-refractivity contribution in [2.75, 3.05) is 13.1 Å². The van der Waals surface area contributed by atoms with E-state index in [9.17, 15) is 4.79 Å². The van der Waals surface area contributed by atoms with Crippen LogP contribution < -0.4 is 10.6 Å². The summed E-state index contributed by atoms with van der Waals surface area (Å²) < 4.78 is 0. The molecule has 15 heavy (non-hydrogen) atoms. The molecule has 0 radical (unpaired) electrons. The summed E-state index contributed by atoms with van der Waals surface area (Å²) in [5.74, 6) is 0.162. The number of carbonyl (C=O) groups excluding carboxylic acids is 1. The Morgan fingerprint density at radius 2 is 1.87 bits per heavy atom. The monoisotopic (exact) mass is 212 g/mol. The van der Waals surface area contributed by atoms with Crippen molar-refractivity contribution in [2.24, 2.45) is 0 Å². The van der Waals surface area contributed by atoms with Gasteiger partial charge in [-0.05, 0) is 25.8 Å². The highest BCUT2D eigenvalue weighted by molar-refractivity contribution is 5.78. The smallest absolute Gasteiger partial charge is 0.234 e. The van der Waals surface area contributed by atoms with Crippen molar-refractivity contribution >= 4 is 5.91 Å². The highest BCUT2D eigenvalue weighted by Crippen LogP contribution is 2.16. The molecule has 0 bridgehead atoms. The zero-order chi connectivity index (χ0) is 10.9. The van der Waals surface area contributed by atoms with Gasteiger partial charge in [0.25, 0.3) is 0 Å². The number of nitrogens with one attached hydrogen (secondary N) is 2. The molecule has 3 nitrogen and oxygen atoms in total. The van der Waals surface area contributed by atoms with E-state index in [1.165, 1.54) is 38.5 Å². The molecule has 0 spiro atoms. The van der Waals surface area contributed by atoms with Gasteiger partial charge >= 0.3 is 0 Å². The first-order chi connectivity index (χ1) is 7.33. The van der Waals surface area contributed by atoms with Gasteiger partial charge in [-0.2, -0.15) is 0 Å². The summed E-state index contributed by atoms with van der Waals surface area (Å²) in [4.78, 5) is 11.5. The van der Waals surface area contributed by atoms with E-state index in [0.717, 1.165) is 13.0 Å². The van der Waals surface area contributed by atoms with Crippen LogP contribution in [0.1, 0.15) is 51.9 Å². The quantitative estimate of drug-likeness (QED) is 0.539. The summed E-state index contributed by atoms with van der Waals surface area (Å²) in [6, 6.07) is 0.434. The van der Waals surface area contributed by atoms with Gasteiger partial charge in [0, 0.05) is 6.04 Å². The topological polar surface area (TPSA) is 41.1 Å². The van der Waals surface area contributed by atoms with Crippen LogP contribution in [0.4, 0.5) is 0 Å². The van der Waals surface area contributed by atoms with Crippen molar-refractivity contribution in [3.05, 3.63) is 0 Å². The molecule has 1 amide bonds. The average molecular weight is 212 g/mol. The minimum Gasteiger partial charge on any atom is -0.352 e. The van der Waals surface area contributed by atoms with Crippen LogP contribution in [0.5, 0.6) is 0 Å². The lowest BCUT2D eigenvalue weighted by atomic mass is 10.1. The van der Waals surface area contributed by atoms with Gasteiger partial charge in [-0.15, -0.1) is 0 Å². The molecule has 3 heteroatoms. The Kier molecular flexibility index (Phi) is 6.41. The maximum absolute atomic E-state index is 11.5. The normalized spacial score (nSPS) is 18.5. The Bertz CT molecular complexity index is 174. The Labute approximate surface area is 93.0 Å². The molecular formula is C12H24N2O. The van der Waals surface area contributed by atoms with Gasteiger partial charge in [-0.3, -0.25) is 4.79 Å². The fraction of sp³-hybridized carbons (Fsp3) is 0.917. The number of hydrogen-bond acceptors (Lipinski definition) is 2. The van der Waals surface area contributed by atoms with Crippen LogP contribution in [0, 0.1) is 0 Å². The molecule has 88 valence electrons. The second kappa shape index (κ2) is 7.69. The molecule has 0 atom stereocenters. The van der Waals surface area contributed by atoms with Crippen LogP contribution in [0.15, 0.2) is 0 Å². The standard InChI is InChI=1S/C12H24N2O/c1-2-9-13-10-12(15)14-11-7-5-3-4-6-8-11/h11,13H,2-10H2,1H3,(H,14,15). The molecule has 0 aromatic heterocycles. The second-order valence-electron chi connectivity index (χ2n) is 4.43. The first-order valence-corrected chi connectivity index (χ1v) is 6.33. The molecule has 2 N–H and O–H groups in total. The molecule has 1 fully saturated rings. The fourth-order valence-corrected chi connectivity index (χ4v) is 2.08. The van der Waals surface area contributed by atoms with E-state index < -0.39 is 0 Å². The third-order valence-electron chi connectivity index (χ3n) is 2.93. The van der Waals surface area contributed by atoms with E-state index in [2.05, 4.69) is 17.6 Å². The first kappa shape index (κ1) is 12.5. The number of amides is 1. The first-order valence-electron chi connectivity index (χ1n) is 6.33. The lowest BCUT2D eigenvalue weighted by Gasteiger charge is -2.16. The third-order valence-corrected chi connectivity index (χ3v) is 2.93. The molecule has 0 aliphatic heterocycles. The van der Waals surface area contributed by atoms with Crippen molar-refractivity contribution in [2.45, 2.75) is 57.9 Å². The Balaban J connectivity index is 2.12. The number of hydrogen-bond donors (Lipinski definition) is 2. The van der Waals surface area contributed by atoms with E-state index in [1.54, 1.807) is 0 Å². The predicted molar refractivity (Wildman–Crippen MR) is 62.8 cm³/mol. The lowest BCUT2D eigenvalue weighted by molar-refractivity contribution is -0.121.